The molecule has 0 amide bonds. The van der Waals surface area contributed by atoms with E-state index in [9.17, 15) is 0 Å². The van der Waals surface area contributed by atoms with Gasteiger partial charge in [0.1, 0.15) is 0 Å². The third-order valence-corrected chi connectivity index (χ3v) is 1.93. The average Bonchev–Trinajstić information content (AvgIpc) is 2.48. The molecule has 0 saturated heterocycles. The minimum absolute atomic E-state index is 0.827. The zero-order chi connectivity index (χ0) is 9.64. The van der Waals surface area contributed by atoms with Crippen LogP contribution in [0.1, 0.15) is 5.56 Å². The van der Waals surface area contributed by atoms with Gasteiger partial charge in [-0.25, -0.2) is 0 Å². The van der Waals surface area contributed by atoms with Crippen LogP contribution in [0.15, 0.2) is 52.7 Å². The Morgan fingerprint density at radius 2 is 2.00 bits per heavy atom. The molecule has 1 aromatic rings. The van der Waals surface area contributed by atoms with Crippen LogP contribution in [-0.4, -0.2) is 11.9 Å². The molecule has 1 N–H and O–H groups in total. The second-order valence-electron chi connectivity index (χ2n) is 3.00. The second-order valence-corrected chi connectivity index (χ2v) is 3.00. The van der Waals surface area contributed by atoms with Gasteiger partial charge in [-0.1, -0.05) is 30.3 Å². The van der Waals surface area contributed by atoms with Gasteiger partial charge in [-0.3, -0.25) is 0 Å². The molecule has 0 spiro atoms. The van der Waals surface area contributed by atoms with E-state index in [2.05, 4.69) is 27.9 Å². The van der Waals surface area contributed by atoms with Crippen molar-refractivity contribution in [2.45, 2.75) is 6.42 Å². The first-order chi connectivity index (χ1) is 6.95. The summed E-state index contributed by atoms with van der Waals surface area (Å²) in [5.41, 5.74) is 4.84. The van der Waals surface area contributed by atoms with Crippen molar-refractivity contribution in [3.05, 3.63) is 48.0 Å². The van der Waals surface area contributed by atoms with Crippen LogP contribution in [0.3, 0.4) is 0 Å². The summed E-state index contributed by atoms with van der Waals surface area (Å²) in [6.45, 7) is 0. The van der Waals surface area contributed by atoms with E-state index in [1.807, 2.05) is 30.4 Å². The Morgan fingerprint density at radius 1 is 1.14 bits per heavy atom. The Bertz CT molecular complexity index is 377. The lowest BCUT2D eigenvalue weighted by Gasteiger charge is -1.99. The van der Waals surface area contributed by atoms with Gasteiger partial charge in [0.15, 0.2) is 0 Å². The molecule has 14 heavy (non-hydrogen) atoms. The summed E-state index contributed by atoms with van der Waals surface area (Å²) in [7, 11) is 0. The third kappa shape index (κ3) is 2.29. The lowest BCUT2D eigenvalue weighted by atomic mass is 10.1. The normalized spacial score (nSPS) is 14.4. The highest BCUT2D eigenvalue weighted by molar-refractivity contribution is 5.99. The standard InChI is InChI=1S/C11H11N3/c1-2-5-10(6-3-1)9-11-7-4-8-12-14-13-11/h1-8,14H,9H2. The summed E-state index contributed by atoms with van der Waals surface area (Å²) in [5.74, 6) is 0. The Labute approximate surface area is 82.8 Å². The maximum absolute atomic E-state index is 4.10. The van der Waals surface area contributed by atoms with Crippen LogP contribution in [0.4, 0.5) is 0 Å². The summed E-state index contributed by atoms with van der Waals surface area (Å²) in [6, 6.07) is 10.2. The van der Waals surface area contributed by atoms with Crippen molar-refractivity contribution in [1.29, 1.82) is 0 Å². The van der Waals surface area contributed by atoms with Crippen molar-refractivity contribution < 1.29 is 0 Å². The number of benzene rings is 1. The highest BCUT2D eigenvalue weighted by Crippen LogP contribution is 2.02. The highest BCUT2D eigenvalue weighted by atomic mass is 15.5. The molecule has 70 valence electrons. The summed E-state index contributed by atoms with van der Waals surface area (Å²) in [5, 5.41) is 7.91. The Hall–Kier alpha value is -1.90. The van der Waals surface area contributed by atoms with Crippen LogP contribution >= 0.6 is 0 Å². The van der Waals surface area contributed by atoms with E-state index in [1.165, 1.54) is 5.56 Å². The van der Waals surface area contributed by atoms with Gasteiger partial charge in [0.25, 0.3) is 0 Å². The predicted octanol–water partition coefficient (Wildman–Crippen LogP) is 1.73. The first-order valence-corrected chi connectivity index (χ1v) is 4.50. The number of hydrogen-bond donors (Lipinski definition) is 1. The largest absolute Gasteiger partial charge is 0.198 e. The number of nitrogens with one attached hydrogen (secondary N) is 1. The van der Waals surface area contributed by atoms with E-state index in [1.54, 1.807) is 6.21 Å². The van der Waals surface area contributed by atoms with Crippen LogP contribution in [0, 0.1) is 0 Å². The van der Waals surface area contributed by atoms with Crippen molar-refractivity contribution in [1.82, 2.24) is 5.53 Å². The molecule has 0 radical (unpaired) electrons. The van der Waals surface area contributed by atoms with Crippen molar-refractivity contribution in [3.63, 3.8) is 0 Å². The number of allylic oxidation sites excluding steroid dienone is 2. The minimum Gasteiger partial charge on any atom is -0.198 e. The molecule has 0 aliphatic carbocycles. The van der Waals surface area contributed by atoms with Crippen molar-refractivity contribution in [2.24, 2.45) is 10.2 Å². The van der Waals surface area contributed by atoms with Gasteiger partial charge in [-0.2, -0.15) is 15.7 Å². The second kappa shape index (κ2) is 4.37. The van der Waals surface area contributed by atoms with E-state index in [0.717, 1.165) is 12.1 Å². The summed E-state index contributed by atoms with van der Waals surface area (Å²) >= 11 is 0. The Kier molecular flexibility index (Phi) is 2.71. The van der Waals surface area contributed by atoms with Crippen LogP contribution in [0.2, 0.25) is 0 Å². The van der Waals surface area contributed by atoms with E-state index in [-0.39, 0.29) is 0 Å². The molecule has 1 aliphatic rings. The molecular formula is C11H11N3. The third-order valence-electron chi connectivity index (χ3n) is 1.93. The zero-order valence-corrected chi connectivity index (χ0v) is 7.72. The number of nitrogens with zero attached hydrogens (tertiary/aromatic N) is 2. The fourth-order valence-corrected chi connectivity index (χ4v) is 1.26. The van der Waals surface area contributed by atoms with Gasteiger partial charge in [-0.05, 0) is 17.7 Å². The molecule has 0 bridgehead atoms. The molecular weight excluding hydrogens is 174 g/mol. The van der Waals surface area contributed by atoms with Crippen LogP contribution < -0.4 is 5.53 Å². The molecule has 3 heteroatoms. The molecule has 1 heterocycles. The molecule has 0 aromatic heterocycles. The van der Waals surface area contributed by atoms with E-state index in [0.29, 0.717) is 0 Å². The SMILES string of the molecule is C1=CC(Cc2ccccc2)=NNN=C1. The number of hydrogen-bond acceptors (Lipinski definition) is 3. The molecule has 0 saturated carbocycles. The van der Waals surface area contributed by atoms with Crippen molar-refractivity contribution in [3.8, 4) is 0 Å². The highest BCUT2D eigenvalue weighted by Gasteiger charge is 1.98. The lowest BCUT2D eigenvalue weighted by molar-refractivity contribution is 0.813. The van der Waals surface area contributed by atoms with E-state index < -0.39 is 0 Å². The first kappa shape index (κ1) is 8.69. The maximum Gasteiger partial charge on any atom is 0.0668 e. The molecule has 0 fully saturated rings. The molecule has 0 atom stereocenters. The van der Waals surface area contributed by atoms with E-state index in [4.69, 9.17) is 0 Å². The van der Waals surface area contributed by atoms with E-state index >= 15 is 0 Å². The lowest BCUT2D eigenvalue weighted by Crippen LogP contribution is -2.04. The van der Waals surface area contributed by atoms with Gasteiger partial charge in [0.05, 0.1) is 5.71 Å². The predicted molar refractivity (Wildman–Crippen MR) is 58.3 cm³/mol. The van der Waals surface area contributed by atoms with Crippen LogP contribution in [0.25, 0.3) is 0 Å². The van der Waals surface area contributed by atoms with Crippen LogP contribution in [0.5, 0.6) is 0 Å². The summed E-state index contributed by atoms with van der Waals surface area (Å²) in [6.07, 6.45) is 6.34. The van der Waals surface area contributed by atoms with Crippen molar-refractivity contribution in [2.75, 3.05) is 0 Å². The molecule has 0 unspecified atom stereocenters. The van der Waals surface area contributed by atoms with Gasteiger partial charge < -0.3 is 0 Å². The molecule has 1 aromatic carbocycles. The fraction of sp³-hybridized carbons (Fsp3) is 0.0909. The maximum atomic E-state index is 4.10. The number of rotatable bonds is 2. The molecule has 2 rings (SSSR count). The molecule has 1 aliphatic heterocycles. The Balaban J connectivity index is 2.08. The first-order valence-electron chi connectivity index (χ1n) is 4.50. The quantitative estimate of drug-likeness (QED) is 0.748. The average molecular weight is 185 g/mol. The smallest absolute Gasteiger partial charge is 0.0668 e. The monoisotopic (exact) mass is 185 g/mol. The summed E-state index contributed by atoms with van der Waals surface area (Å²) in [4.78, 5) is 0. The van der Waals surface area contributed by atoms with Gasteiger partial charge >= 0.3 is 0 Å². The van der Waals surface area contributed by atoms with Gasteiger partial charge in [-0.15, -0.1) is 0 Å². The summed E-state index contributed by atoms with van der Waals surface area (Å²) < 4.78 is 0. The number of hydrazone groups is 2. The van der Waals surface area contributed by atoms with Crippen LogP contribution in [-0.2, 0) is 6.42 Å². The Morgan fingerprint density at radius 3 is 2.86 bits per heavy atom. The van der Waals surface area contributed by atoms with Crippen molar-refractivity contribution >= 4 is 11.9 Å². The minimum atomic E-state index is 0.827. The van der Waals surface area contributed by atoms with Gasteiger partial charge in [0, 0.05) is 12.6 Å². The molecule has 3 nitrogen and oxygen atoms in total. The zero-order valence-electron chi connectivity index (χ0n) is 7.72. The topological polar surface area (TPSA) is 36.8 Å². The fourth-order valence-electron chi connectivity index (χ4n) is 1.26. The van der Waals surface area contributed by atoms with Gasteiger partial charge in [0.2, 0.25) is 0 Å².